The van der Waals surface area contributed by atoms with E-state index in [2.05, 4.69) is 10.6 Å². The van der Waals surface area contributed by atoms with Crippen molar-refractivity contribution in [2.75, 3.05) is 25.4 Å². The van der Waals surface area contributed by atoms with Crippen LogP contribution in [-0.2, 0) is 0 Å². The van der Waals surface area contributed by atoms with Crippen LogP contribution in [-0.4, -0.2) is 25.5 Å². The van der Waals surface area contributed by atoms with E-state index >= 15 is 0 Å². The Balaban J connectivity index is 1.72. The van der Waals surface area contributed by atoms with Crippen LogP contribution in [0, 0.1) is 5.92 Å². The van der Waals surface area contributed by atoms with E-state index < -0.39 is 0 Å². The quantitative estimate of drug-likeness (QED) is 0.704. The van der Waals surface area contributed by atoms with Gasteiger partial charge in [0, 0.05) is 17.8 Å². The Morgan fingerprint density at radius 3 is 2.83 bits per heavy atom. The Kier molecular flexibility index (Phi) is 4.59. The molecule has 2 rings (SSSR count). The number of hydrogen-bond acceptors (Lipinski definition) is 3. The molecular formula is C14H21N3O. The first-order valence-corrected chi connectivity index (χ1v) is 6.60. The summed E-state index contributed by atoms with van der Waals surface area (Å²) in [7, 11) is 0. The number of nitrogen functional groups attached to an aromatic ring is 1. The molecule has 0 spiro atoms. The number of amides is 1. The maximum absolute atomic E-state index is 11.8. The zero-order valence-electron chi connectivity index (χ0n) is 10.6. The monoisotopic (exact) mass is 247 g/mol. The number of carbonyl (C=O) groups is 1. The Bertz CT molecular complexity index is 383. The summed E-state index contributed by atoms with van der Waals surface area (Å²) in [6.45, 7) is 2.96. The molecule has 98 valence electrons. The molecule has 18 heavy (non-hydrogen) atoms. The number of piperidine rings is 1. The van der Waals surface area contributed by atoms with Gasteiger partial charge in [-0.1, -0.05) is 0 Å². The Labute approximate surface area is 108 Å². The first kappa shape index (κ1) is 12.9. The van der Waals surface area contributed by atoms with Crippen molar-refractivity contribution in [2.45, 2.75) is 19.3 Å². The molecule has 1 aliphatic heterocycles. The molecule has 1 heterocycles. The van der Waals surface area contributed by atoms with Crippen molar-refractivity contribution < 1.29 is 4.79 Å². The molecule has 0 radical (unpaired) electrons. The topological polar surface area (TPSA) is 67.2 Å². The fraction of sp³-hybridized carbons (Fsp3) is 0.500. The minimum absolute atomic E-state index is 0.0150. The SMILES string of the molecule is Nc1ccc(C(=O)NCCC2CCCNC2)cc1. The summed E-state index contributed by atoms with van der Waals surface area (Å²) >= 11 is 0. The van der Waals surface area contributed by atoms with Crippen molar-refractivity contribution in [3.8, 4) is 0 Å². The first-order chi connectivity index (χ1) is 8.75. The molecule has 4 nitrogen and oxygen atoms in total. The van der Waals surface area contributed by atoms with Gasteiger partial charge < -0.3 is 16.4 Å². The van der Waals surface area contributed by atoms with E-state index in [-0.39, 0.29) is 5.91 Å². The first-order valence-electron chi connectivity index (χ1n) is 6.60. The van der Waals surface area contributed by atoms with Crippen LogP contribution in [0.25, 0.3) is 0 Å². The minimum Gasteiger partial charge on any atom is -0.399 e. The number of hydrogen-bond donors (Lipinski definition) is 3. The third kappa shape index (κ3) is 3.74. The summed E-state index contributed by atoms with van der Waals surface area (Å²) in [4.78, 5) is 11.8. The van der Waals surface area contributed by atoms with Gasteiger partial charge in [0.05, 0.1) is 0 Å². The minimum atomic E-state index is -0.0150. The highest BCUT2D eigenvalue weighted by Gasteiger charge is 2.13. The smallest absolute Gasteiger partial charge is 0.251 e. The van der Waals surface area contributed by atoms with E-state index in [1.54, 1.807) is 24.3 Å². The van der Waals surface area contributed by atoms with Crippen LogP contribution in [0.4, 0.5) is 5.69 Å². The lowest BCUT2D eigenvalue weighted by Crippen LogP contribution is -2.33. The molecule has 1 unspecified atom stereocenters. The third-order valence-electron chi connectivity index (χ3n) is 3.41. The summed E-state index contributed by atoms with van der Waals surface area (Å²) in [5.74, 6) is 0.684. The lowest BCUT2D eigenvalue weighted by molar-refractivity contribution is 0.0950. The molecule has 0 saturated carbocycles. The predicted molar refractivity (Wildman–Crippen MR) is 73.4 cm³/mol. The zero-order valence-corrected chi connectivity index (χ0v) is 10.6. The van der Waals surface area contributed by atoms with E-state index in [0.717, 1.165) is 26.1 Å². The van der Waals surface area contributed by atoms with Gasteiger partial charge in [0.15, 0.2) is 0 Å². The van der Waals surface area contributed by atoms with Crippen molar-refractivity contribution in [1.29, 1.82) is 0 Å². The lowest BCUT2D eigenvalue weighted by Gasteiger charge is -2.22. The van der Waals surface area contributed by atoms with E-state index in [9.17, 15) is 4.79 Å². The highest BCUT2D eigenvalue weighted by Crippen LogP contribution is 2.13. The number of nitrogens with two attached hydrogens (primary N) is 1. The molecule has 1 aromatic carbocycles. The van der Waals surface area contributed by atoms with Gasteiger partial charge in [-0.15, -0.1) is 0 Å². The fourth-order valence-corrected chi connectivity index (χ4v) is 2.30. The largest absolute Gasteiger partial charge is 0.399 e. The van der Waals surface area contributed by atoms with E-state index in [1.165, 1.54) is 12.8 Å². The second-order valence-electron chi connectivity index (χ2n) is 4.88. The molecule has 1 saturated heterocycles. The van der Waals surface area contributed by atoms with Crippen LogP contribution in [0.2, 0.25) is 0 Å². The maximum atomic E-state index is 11.8. The highest BCUT2D eigenvalue weighted by molar-refractivity contribution is 5.94. The van der Waals surface area contributed by atoms with Crippen LogP contribution in [0.15, 0.2) is 24.3 Å². The molecule has 1 aliphatic rings. The van der Waals surface area contributed by atoms with Crippen molar-refractivity contribution in [2.24, 2.45) is 5.92 Å². The van der Waals surface area contributed by atoms with E-state index in [0.29, 0.717) is 17.2 Å². The van der Waals surface area contributed by atoms with Crippen molar-refractivity contribution in [3.05, 3.63) is 29.8 Å². The molecule has 1 atom stereocenters. The standard InChI is InChI=1S/C14H21N3O/c15-13-5-3-12(4-6-13)14(18)17-9-7-11-2-1-8-16-10-11/h3-6,11,16H,1-2,7-10,15H2,(H,17,18). The van der Waals surface area contributed by atoms with Gasteiger partial charge in [0.25, 0.3) is 5.91 Å². The number of benzene rings is 1. The zero-order chi connectivity index (χ0) is 12.8. The summed E-state index contributed by atoms with van der Waals surface area (Å²) in [6, 6.07) is 7.01. The molecule has 4 heteroatoms. The molecule has 1 amide bonds. The van der Waals surface area contributed by atoms with E-state index in [1.807, 2.05) is 0 Å². The molecule has 0 aromatic heterocycles. The van der Waals surface area contributed by atoms with Gasteiger partial charge in [-0.25, -0.2) is 0 Å². The Morgan fingerprint density at radius 2 is 2.17 bits per heavy atom. The summed E-state index contributed by atoms with van der Waals surface area (Å²) in [6.07, 6.45) is 3.56. The van der Waals surface area contributed by atoms with Crippen LogP contribution in [0.1, 0.15) is 29.6 Å². The van der Waals surface area contributed by atoms with Gasteiger partial charge in [-0.3, -0.25) is 4.79 Å². The Hall–Kier alpha value is -1.55. The second-order valence-corrected chi connectivity index (χ2v) is 4.88. The molecule has 1 fully saturated rings. The molecule has 0 bridgehead atoms. The summed E-state index contributed by atoms with van der Waals surface area (Å²) < 4.78 is 0. The summed E-state index contributed by atoms with van der Waals surface area (Å²) in [5, 5.41) is 6.34. The second kappa shape index (κ2) is 6.40. The molecule has 4 N–H and O–H groups in total. The normalized spacial score (nSPS) is 19.4. The highest BCUT2D eigenvalue weighted by atomic mass is 16.1. The Morgan fingerprint density at radius 1 is 1.39 bits per heavy atom. The fourth-order valence-electron chi connectivity index (χ4n) is 2.30. The third-order valence-corrected chi connectivity index (χ3v) is 3.41. The maximum Gasteiger partial charge on any atom is 0.251 e. The van der Waals surface area contributed by atoms with Crippen LogP contribution in [0.5, 0.6) is 0 Å². The van der Waals surface area contributed by atoms with Crippen LogP contribution in [0.3, 0.4) is 0 Å². The summed E-state index contributed by atoms with van der Waals surface area (Å²) in [5.41, 5.74) is 6.94. The van der Waals surface area contributed by atoms with Crippen molar-refractivity contribution >= 4 is 11.6 Å². The number of carbonyl (C=O) groups excluding carboxylic acids is 1. The molecular weight excluding hydrogens is 226 g/mol. The van der Waals surface area contributed by atoms with Crippen LogP contribution >= 0.6 is 0 Å². The van der Waals surface area contributed by atoms with Crippen molar-refractivity contribution in [3.63, 3.8) is 0 Å². The van der Waals surface area contributed by atoms with Gasteiger partial charge in [-0.2, -0.15) is 0 Å². The number of anilines is 1. The lowest BCUT2D eigenvalue weighted by atomic mass is 9.96. The number of rotatable bonds is 4. The van der Waals surface area contributed by atoms with Gasteiger partial charge in [0.1, 0.15) is 0 Å². The molecule has 0 aliphatic carbocycles. The van der Waals surface area contributed by atoms with Crippen LogP contribution < -0.4 is 16.4 Å². The number of nitrogens with one attached hydrogen (secondary N) is 2. The van der Waals surface area contributed by atoms with Gasteiger partial charge >= 0.3 is 0 Å². The average Bonchev–Trinajstić information content (AvgIpc) is 2.40. The average molecular weight is 247 g/mol. The van der Waals surface area contributed by atoms with Crippen molar-refractivity contribution in [1.82, 2.24) is 10.6 Å². The van der Waals surface area contributed by atoms with Gasteiger partial charge in [0.2, 0.25) is 0 Å². The predicted octanol–water partition coefficient (Wildman–Crippen LogP) is 1.39. The molecule has 1 aromatic rings. The van der Waals surface area contributed by atoms with E-state index in [4.69, 9.17) is 5.73 Å². The van der Waals surface area contributed by atoms with Gasteiger partial charge in [-0.05, 0) is 62.5 Å².